The number of benzene rings is 3. The predicted molar refractivity (Wildman–Crippen MR) is 131 cm³/mol. The van der Waals surface area contributed by atoms with Gasteiger partial charge in [0.2, 0.25) is 0 Å². The molecule has 0 saturated carbocycles. The number of non-ortho nitro benzene ring substituents is 1. The van der Waals surface area contributed by atoms with Crippen LogP contribution >= 0.6 is 15.9 Å². The highest BCUT2D eigenvalue weighted by Crippen LogP contribution is 2.51. The Hall–Kier alpha value is -3.17. The number of hydrogen-bond acceptors (Lipinski definition) is 5. The van der Waals surface area contributed by atoms with Crippen molar-refractivity contribution in [3.8, 4) is 0 Å². The Balaban J connectivity index is 1.48. The first-order valence-corrected chi connectivity index (χ1v) is 12.7. The van der Waals surface area contributed by atoms with Crippen molar-refractivity contribution in [2.75, 3.05) is 10.0 Å². The first-order chi connectivity index (χ1) is 15.8. The van der Waals surface area contributed by atoms with Crippen LogP contribution in [0, 0.1) is 16.0 Å². The van der Waals surface area contributed by atoms with Gasteiger partial charge in [-0.25, -0.2) is 8.42 Å². The van der Waals surface area contributed by atoms with E-state index in [1.165, 1.54) is 29.8 Å². The van der Waals surface area contributed by atoms with Crippen molar-refractivity contribution in [3.05, 3.63) is 105 Å². The molecule has 1 aliphatic carbocycles. The molecule has 0 spiro atoms. The summed E-state index contributed by atoms with van der Waals surface area (Å²) >= 11 is 3.66. The molecule has 2 aliphatic rings. The minimum absolute atomic E-state index is 0.0892. The van der Waals surface area contributed by atoms with E-state index in [1.807, 2.05) is 18.2 Å². The Morgan fingerprint density at radius 2 is 1.85 bits per heavy atom. The van der Waals surface area contributed by atoms with Crippen LogP contribution in [0.4, 0.5) is 17.1 Å². The minimum Gasteiger partial charge on any atom is -0.378 e. The monoisotopic (exact) mass is 525 g/mol. The number of nitro groups is 1. The molecule has 1 heterocycles. The summed E-state index contributed by atoms with van der Waals surface area (Å²) in [6, 6.07) is 18.7. The highest BCUT2D eigenvalue weighted by atomic mass is 79.9. The van der Waals surface area contributed by atoms with E-state index in [2.05, 4.69) is 44.2 Å². The van der Waals surface area contributed by atoms with Crippen molar-refractivity contribution in [2.45, 2.75) is 23.3 Å². The lowest BCUT2D eigenvalue weighted by atomic mass is 9.77. The molecule has 9 heteroatoms. The molecule has 0 unspecified atom stereocenters. The van der Waals surface area contributed by atoms with Crippen LogP contribution in [0.25, 0.3) is 0 Å². The van der Waals surface area contributed by atoms with Crippen LogP contribution in [0.5, 0.6) is 0 Å². The van der Waals surface area contributed by atoms with E-state index in [-0.39, 0.29) is 34.1 Å². The van der Waals surface area contributed by atoms with Crippen LogP contribution in [0.1, 0.15) is 29.5 Å². The van der Waals surface area contributed by atoms with Crippen molar-refractivity contribution >= 4 is 43.0 Å². The number of anilines is 2. The molecule has 3 atom stereocenters. The SMILES string of the molecule is O=[N+]([O-])c1cccc(NS(=O)(=O)c2ccc3c(c2)[C@H]2C=CC[C@H]2[C@@H](c2ccccc2Br)N3)c1. The summed E-state index contributed by atoms with van der Waals surface area (Å²) in [5.41, 5.74) is 2.97. The van der Waals surface area contributed by atoms with Gasteiger partial charge in [-0.05, 0) is 53.8 Å². The number of fused-ring (bicyclic) bond motifs is 3. The summed E-state index contributed by atoms with van der Waals surface area (Å²) in [7, 11) is -3.92. The maximum atomic E-state index is 13.1. The van der Waals surface area contributed by atoms with Crippen molar-refractivity contribution in [3.63, 3.8) is 0 Å². The van der Waals surface area contributed by atoms with Crippen molar-refractivity contribution in [1.29, 1.82) is 0 Å². The van der Waals surface area contributed by atoms with Gasteiger partial charge < -0.3 is 5.32 Å². The molecule has 3 aromatic rings. The first-order valence-electron chi connectivity index (χ1n) is 10.4. The number of hydrogen-bond donors (Lipinski definition) is 2. The number of nitrogens with zero attached hydrogens (tertiary/aromatic N) is 1. The van der Waals surface area contributed by atoms with Crippen molar-refractivity contribution < 1.29 is 13.3 Å². The molecule has 168 valence electrons. The normalized spacial score (nSPS) is 21.1. The average molecular weight is 526 g/mol. The smallest absolute Gasteiger partial charge is 0.271 e. The average Bonchev–Trinajstić information content (AvgIpc) is 3.29. The minimum atomic E-state index is -3.92. The predicted octanol–water partition coefficient (Wildman–Crippen LogP) is 5.98. The summed E-state index contributed by atoms with van der Waals surface area (Å²) in [4.78, 5) is 10.6. The highest BCUT2D eigenvalue weighted by molar-refractivity contribution is 9.10. The molecular weight excluding hydrogens is 506 g/mol. The number of sulfonamides is 1. The lowest BCUT2D eigenvalue weighted by molar-refractivity contribution is -0.384. The second-order valence-corrected chi connectivity index (χ2v) is 10.7. The third-order valence-electron chi connectivity index (χ3n) is 6.19. The molecule has 7 nitrogen and oxygen atoms in total. The Kier molecular flexibility index (Phi) is 5.46. The Morgan fingerprint density at radius 3 is 2.64 bits per heavy atom. The largest absolute Gasteiger partial charge is 0.378 e. The fourth-order valence-electron chi connectivity index (χ4n) is 4.67. The fraction of sp³-hybridized carbons (Fsp3) is 0.167. The standard InChI is InChI=1S/C24H20BrN3O4S/c25-22-10-2-1-7-20(22)24-19-9-4-8-18(19)21-14-17(11-12-23(21)26-24)33(31,32)27-15-5-3-6-16(13-15)28(29)30/h1-8,10-14,18-19,24,26-27H,9H2/t18-,19+,24-/m0/s1. The zero-order chi connectivity index (χ0) is 23.2. The van der Waals surface area contributed by atoms with E-state index in [1.54, 1.807) is 18.2 Å². The number of rotatable bonds is 5. The summed E-state index contributed by atoms with van der Waals surface area (Å²) in [5.74, 6) is 0.352. The molecule has 0 aromatic heterocycles. The molecule has 0 saturated heterocycles. The van der Waals surface area contributed by atoms with Gasteiger partial charge >= 0.3 is 0 Å². The molecular formula is C24H20BrN3O4S. The van der Waals surface area contributed by atoms with Gasteiger partial charge in [0.15, 0.2) is 0 Å². The first kappa shape index (κ1) is 21.7. The van der Waals surface area contributed by atoms with Gasteiger partial charge in [0, 0.05) is 28.2 Å². The van der Waals surface area contributed by atoms with E-state index in [0.717, 1.165) is 22.1 Å². The third kappa shape index (κ3) is 4.02. The van der Waals surface area contributed by atoms with Crippen LogP contribution in [0.3, 0.4) is 0 Å². The Labute approximate surface area is 199 Å². The van der Waals surface area contributed by atoms with Crippen LogP contribution in [0.15, 0.2) is 88.3 Å². The van der Waals surface area contributed by atoms with Crippen LogP contribution in [0.2, 0.25) is 0 Å². The molecule has 33 heavy (non-hydrogen) atoms. The molecule has 1 aliphatic heterocycles. The van der Waals surface area contributed by atoms with Gasteiger partial charge in [0.25, 0.3) is 15.7 Å². The van der Waals surface area contributed by atoms with Gasteiger partial charge in [-0.3, -0.25) is 14.8 Å². The van der Waals surface area contributed by atoms with Crippen LogP contribution in [-0.4, -0.2) is 13.3 Å². The van der Waals surface area contributed by atoms with Crippen molar-refractivity contribution in [1.82, 2.24) is 0 Å². The number of nitrogens with one attached hydrogen (secondary N) is 2. The quantitative estimate of drug-likeness (QED) is 0.242. The maximum Gasteiger partial charge on any atom is 0.271 e. The summed E-state index contributed by atoms with van der Waals surface area (Å²) in [6.45, 7) is 0. The molecule has 5 rings (SSSR count). The summed E-state index contributed by atoms with van der Waals surface area (Å²) in [5, 5.41) is 14.6. The molecule has 0 amide bonds. The van der Waals surface area contributed by atoms with E-state index in [9.17, 15) is 18.5 Å². The second-order valence-electron chi connectivity index (χ2n) is 8.16. The number of nitro benzene ring substituents is 1. The summed E-state index contributed by atoms with van der Waals surface area (Å²) < 4.78 is 29.6. The molecule has 0 bridgehead atoms. The molecule has 0 radical (unpaired) electrons. The lowest BCUT2D eigenvalue weighted by Gasteiger charge is -2.38. The number of halogens is 1. The Morgan fingerprint density at radius 1 is 1.03 bits per heavy atom. The Bertz CT molecular complexity index is 1390. The maximum absolute atomic E-state index is 13.1. The highest BCUT2D eigenvalue weighted by Gasteiger charge is 2.39. The van der Waals surface area contributed by atoms with E-state index < -0.39 is 14.9 Å². The molecule has 2 N–H and O–H groups in total. The van der Waals surface area contributed by atoms with Gasteiger partial charge in [0.1, 0.15) is 0 Å². The molecule has 0 fully saturated rings. The number of allylic oxidation sites excluding steroid dienone is 2. The summed E-state index contributed by atoms with van der Waals surface area (Å²) in [6.07, 6.45) is 5.20. The van der Waals surface area contributed by atoms with Gasteiger partial charge in [0.05, 0.1) is 21.5 Å². The topological polar surface area (TPSA) is 101 Å². The fourth-order valence-corrected chi connectivity index (χ4v) is 6.29. The van der Waals surface area contributed by atoms with Crippen molar-refractivity contribution in [2.24, 2.45) is 5.92 Å². The molecule has 3 aromatic carbocycles. The van der Waals surface area contributed by atoms with Crippen LogP contribution < -0.4 is 10.0 Å². The zero-order valence-electron chi connectivity index (χ0n) is 17.3. The van der Waals surface area contributed by atoms with Crippen LogP contribution in [-0.2, 0) is 10.0 Å². The second kappa shape index (κ2) is 8.31. The van der Waals surface area contributed by atoms with E-state index in [4.69, 9.17) is 0 Å². The van der Waals surface area contributed by atoms with Gasteiger partial charge in [-0.15, -0.1) is 0 Å². The van der Waals surface area contributed by atoms with E-state index in [0.29, 0.717) is 0 Å². The van der Waals surface area contributed by atoms with Gasteiger partial charge in [-0.2, -0.15) is 0 Å². The zero-order valence-corrected chi connectivity index (χ0v) is 19.7. The third-order valence-corrected chi connectivity index (χ3v) is 8.30. The lowest BCUT2D eigenvalue weighted by Crippen LogP contribution is -2.29. The van der Waals surface area contributed by atoms with Gasteiger partial charge in [-0.1, -0.05) is 52.3 Å². The van der Waals surface area contributed by atoms with E-state index >= 15 is 0 Å².